The SMILES string of the molecule is O=C(O)c1cc(-c2ccccc2)ccc1C(=O)OCc1ccc(COOCc2ccc(-c3ccccc3)cc2COO)cc1. The fraction of sp³-hybridized carbons (Fsp3) is 0.111. The average Bonchev–Trinajstić information content (AvgIpc) is 3.07. The van der Waals surface area contributed by atoms with Gasteiger partial charge in [-0.3, -0.25) is 5.26 Å². The minimum absolute atomic E-state index is 0.0113. The maximum atomic E-state index is 12.8. The number of rotatable bonds is 13. The number of carboxylic acids is 1. The third kappa shape index (κ3) is 7.83. The molecule has 2 N–H and O–H groups in total. The predicted molar refractivity (Wildman–Crippen MR) is 163 cm³/mol. The normalized spacial score (nSPS) is 10.8. The highest BCUT2D eigenvalue weighted by atomic mass is 17.2. The van der Waals surface area contributed by atoms with Crippen LogP contribution in [-0.2, 0) is 45.8 Å². The first kappa shape index (κ1) is 30.3. The summed E-state index contributed by atoms with van der Waals surface area (Å²) in [5.74, 6) is -1.92. The number of carbonyl (C=O) groups is 2. The molecule has 0 unspecified atom stereocenters. The van der Waals surface area contributed by atoms with Gasteiger partial charge in [-0.05, 0) is 62.7 Å². The molecule has 0 spiro atoms. The summed E-state index contributed by atoms with van der Waals surface area (Å²) in [6.07, 6.45) is 0. The lowest BCUT2D eigenvalue weighted by Crippen LogP contribution is -2.12. The van der Waals surface area contributed by atoms with Crippen LogP contribution < -0.4 is 0 Å². The van der Waals surface area contributed by atoms with Gasteiger partial charge in [0.15, 0.2) is 0 Å². The van der Waals surface area contributed by atoms with Gasteiger partial charge in [0.05, 0.1) is 11.1 Å². The number of hydrogen-bond acceptors (Lipinski definition) is 7. The number of benzene rings is 5. The molecular formula is C36H30O8. The highest BCUT2D eigenvalue weighted by Crippen LogP contribution is 2.25. The Hall–Kier alpha value is -5.12. The van der Waals surface area contributed by atoms with Crippen LogP contribution in [0.3, 0.4) is 0 Å². The van der Waals surface area contributed by atoms with Crippen LogP contribution in [0.15, 0.2) is 121 Å². The molecule has 0 aliphatic heterocycles. The van der Waals surface area contributed by atoms with E-state index in [0.717, 1.165) is 38.9 Å². The highest BCUT2D eigenvalue weighted by Gasteiger charge is 2.19. The predicted octanol–water partition coefficient (Wildman–Crippen LogP) is 7.71. The smallest absolute Gasteiger partial charge is 0.339 e. The molecular weight excluding hydrogens is 560 g/mol. The Kier molecular flexibility index (Phi) is 10.2. The van der Waals surface area contributed by atoms with Gasteiger partial charge in [0, 0.05) is 0 Å². The summed E-state index contributed by atoms with van der Waals surface area (Å²) in [7, 11) is 0. The van der Waals surface area contributed by atoms with E-state index in [0.29, 0.717) is 5.56 Å². The number of carboxylic acid groups (broad SMARTS) is 1. The number of esters is 1. The Morgan fingerprint density at radius 2 is 1.09 bits per heavy atom. The van der Waals surface area contributed by atoms with Crippen LogP contribution in [0.1, 0.15) is 43.0 Å². The fourth-order valence-electron chi connectivity index (χ4n) is 4.66. The molecule has 8 heteroatoms. The molecule has 0 heterocycles. The van der Waals surface area contributed by atoms with Gasteiger partial charge >= 0.3 is 11.9 Å². The maximum absolute atomic E-state index is 12.8. The molecule has 5 aromatic rings. The standard InChI is InChI=1S/C36H30O8/c37-35(38)34-20-30(28-9-5-2-6-10-28)17-18-33(34)36(39)41-21-25-11-13-26(14-12-25)22-43-44-24-31-16-15-29(19-32(31)23-42-40)27-7-3-1-4-8-27/h1-20,40H,21-24H2,(H,37,38). The van der Waals surface area contributed by atoms with E-state index >= 15 is 0 Å². The zero-order valence-corrected chi connectivity index (χ0v) is 23.7. The van der Waals surface area contributed by atoms with E-state index in [1.54, 1.807) is 18.2 Å². The van der Waals surface area contributed by atoms with Crippen molar-refractivity contribution >= 4 is 11.9 Å². The summed E-state index contributed by atoms with van der Waals surface area (Å²) in [6, 6.07) is 37.0. The Morgan fingerprint density at radius 3 is 1.70 bits per heavy atom. The van der Waals surface area contributed by atoms with Crippen molar-refractivity contribution in [1.29, 1.82) is 0 Å². The van der Waals surface area contributed by atoms with Crippen molar-refractivity contribution in [3.63, 3.8) is 0 Å². The largest absolute Gasteiger partial charge is 0.478 e. The molecule has 8 nitrogen and oxygen atoms in total. The minimum Gasteiger partial charge on any atom is -0.478 e. The van der Waals surface area contributed by atoms with E-state index in [4.69, 9.17) is 19.8 Å². The lowest BCUT2D eigenvalue weighted by Gasteiger charge is -2.12. The third-order valence-corrected chi connectivity index (χ3v) is 7.03. The molecule has 0 aliphatic carbocycles. The first-order valence-corrected chi connectivity index (χ1v) is 13.9. The van der Waals surface area contributed by atoms with Crippen LogP contribution in [0.2, 0.25) is 0 Å². The van der Waals surface area contributed by atoms with Gasteiger partial charge in [0.2, 0.25) is 0 Å². The van der Waals surface area contributed by atoms with E-state index in [1.165, 1.54) is 12.1 Å². The van der Waals surface area contributed by atoms with Gasteiger partial charge in [-0.15, -0.1) is 0 Å². The number of hydrogen-bond donors (Lipinski definition) is 2. The third-order valence-electron chi connectivity index (χ3n) is 7.03. The summed E-state index contributed by atoms with van der Waals surface area (Å²) in [4.78, 5) is 39.9. The summed E-state index contributed by atoms with van der Waals surface area (Å²) < 4.78 is 5.42. The Morgan fingerprint density at radius 1 is 0.523 bits per heavy atom. The highest BCUT2D eigenvalue weighted by molar-refractivity contribution is 6.03. The van der Waals surface area contributed by atoms with E-state index < -0.39 is 11.9 Å². The van der Waals surface area contributed by atoms with Crippen LogP contribution in [0, 0.1) is 0 Å². The number of carbonyl (C=O) groups excluding carboxylic acids is 1. The zero-order valence-electron chi connectivity index (χ0n) is 23.7. The molecule has 0 saturated carbocycles. The molecule has 44 heavy (non-hydrogen) atoms. The lowest BCUT2D eigenvalue weighted by atomic mass is 9.99. The van der Waals surface area contributed by atoms with Crippen molar-refractivity contribution in [2.24, 2.45) is 0 Å². The van der Waals surface area contributed by atoms with Crippen molar-refractivity contribution in [2.45, 2.75) is 26.4 Å². The second-order valence-electron chi connectivity index (χ2n) is 9.97. The molecule has 0 amide bonds. The van der Waals surface area contributed by atoms with Gasteiger partial charge in [-0.2, -0.15) is 0 Å². The topological polar surface area (TPSA) is 112 Å². The average molecular weight is 591 g/mol. The molecule has 222 valence electrons. The molecule has 5 rings (SSSR count). The minimum atomic E-state index is -1.21. The summed E-state index contributed by atoms with van der Waals surface area (Å²) in [6.45, 7) is 0.336. The Labute approximate surface area is 254 Å². The fourth-order valence-corrected chi connectivity index (χ4v) is 4.66. The van der Waals surface area contributed by atoms with Crippen LogP contribution in [0.5, 0.6) is 0 Å². The van der Waals surface area contributed by atoms with Crippen LogP contribution in [0.25, 0.3) is 22.3 Å². The molecule has 0 radical (unpaired) electrons. The molecule has 0 fully saturated rings. The van der Waals surface area contributed by atoms with Crippen LogP contribution in [0.4, 0.5) is 0 Å². The maximum Gasteiger partial charge on any atom is 0.339 e. The monoisotopic (exact) mass is 590 g/mol. The molecule has 0 bridgehead atoms. The summed E-state index contributed by atoms with van der Waals surface area (Å²) >= 11 is 0. The Balaban J connectivity index is 1.12. The van der Waals surface area contributed by atoms with Crippen molar-refractivity contribution in [3.05, 3.63) is 155 Å². The van der Waals surface area contributed by atoms with Crippen LogP contribution >= 0.6 is 0 Å². The summed E-state index contributed by atoms with van der Waals surface area (Å²) in [5, 5.41) is 18.7. The van der Waals surface area contributed by atoms with Crippen molar-refractivity contribution in [3.8, 4) is 22.3 Å². The van der Waals surface area contributed by atoms with Crippen molar-refractivity contribution < 1.29 is 39.4 Å². The number of ether oxygens (including phenoxy) is 1. The van der Waals surface area contributed by atoms with E-state index in [1.807, 2.05) is 91.0 Å². The second kappa shape index (κ2) is 14.9. The van der Waals surface area contributed by atoms with E-state index in [9.17, 15) is 14.7 Å². The van der Waals surface area contributed by atoms with Gasteiger partial charge in [-0.25, -0.2) is 24.3 Å². The van der Waals surface area contributed by atoms with E-state index in [-0.39, 0.29) is 37.6 Å². The van der Waals surface area contributed by atoms with E-state index in [2.05, 4.69) is 4.89 Å². The van der Waals surface area contributed by atoms with Gasteiger partial charge in [0.25, 0.3) is 0 Å². The first-order valence-electron chi connectivity index (χ1n) is 13.9. The summed E-state index contributed by atoms with van der Waals surface area (Å²) in [5.41, 5.74) is 6.62. The molecule has 0 atom stereocenters. The lowest BCUT2D eigenvalue weighted by molar-refractivity contribution is -0.313. The van der Waals surface area contributed by atoms with Gasteiger partial charge < -0.3 is 9.84 Å². The number of aromatic carboxylic acids is 1. The van der Waals surface area contributed by atoms with Gasteiger partial charge in [0.1, 0.15) is 26.4 Å². The van der Waals surface area contributed by atoms with Crippen molar-refractivity contribution in [2.75, 3.05) is 0 Å². The quantitative estimate of drug-likeness (QED) is 0.0621. The molecule has 0 aliphatic rings. The Bertz CT molecular complexity index is 1700. The molecule has 0 aromatic heterocycles. The van der Waals surface area contributed by atoms with Crippen molar-refractivity contribution in [1.82, 2.24) is 0 Å². The zero-order chi connectivity index (χ0) is 30.7. The molecule has 0 saturated heterocycles. The van der Waals surface area contributed by atoms with Gasteiger partial charge in [-0.1, -0.05) is 103 Å². The van der Waals surface area contributed by atoms with Crippen LogP contribution in [-0.4, -0.2) is 22.3 Å². The second-order valence-corrected chi connectivity index (χ2v) is 9.97. The first-order chi connectivity index (χ1) is 21.5. The molecule has 5 aromatic carbocycles.